The van der Waals surface area contributed by atoms with Crippen molar-refractivity contribution in [2.75, 3.05) is 7.11 Å². The van der Waals surface area contributed by atoms with E-state index in [0.717, 1.165) is 13.3 Å². The molecule has 2 heterocycles. The van der Waals surface area contributed by atoms with E-state index >= 15 is 0 Å². The minimum Gasteiger partial charge on any atom is -0.462 e. The van der Waals surface area contributed by atoms with Crippen LogP contribution in [0.5, 0.6) is 0 Å². The summed E-state index contributed by atoms with van der Waals surface area (Å²) in [7, 11) is 1.13. The Morgan fingerprint density at radius 3 is 2.63 bits per heavy atom. The Bertz CT molecular complexity index is 572. The average Bonchev–Trinajstić information content (AvgIpc) is 2.89. The van der Waals surface area contributed by atoms with Gasteiger partial charge >= 0.3 is 11.9 Å². The molecule has 0 aliphatic carbocycles. The van der Waals surface area contributed by atoms with Crippen molar-refractivity contribution in [1.82, 2.24) is 15.1 Å². The number of esters is 1. The number of rotatable bonds is 2. The molecule has 19 heavy (non-hydrogen) atoms. The highest BCUT2D eigenvalue weighted by Gasteiger charge is 2.19. The Labute approximate surface area is 107 Å². The molecule has 0 amide bonds. The van der Waals surface area contributed by atoms with Gasteiger partial charge in [0.2, 0.25) is 5.82 Å². The van der Waals surface area contributed by atoms with Crippen molar-refractivity contribution >= 4 is 5.97 Å². The predicted octanol–water partition coefficient (Wildman–Crippen LogP) is 2.22. The summed E-state index contributed by atoms with van der Waals surface area (Å²) < 4.78 is 34.7. The molecule has 0 N–H and O–H groups in total. The molecule has 0 aliphatic rings. The largest absolute Gasteiger partial charge is 0.462 e. The molecule has 6 nitrogen and oxygen atoms in total. The predicted molar refractivity (Wildman–Crippen MR) is 60.1 cm³/mol. The highest BCUT2D eigenvalue weighted by Crippen LogP contribution is 2.17. The fourth-order valence-corrected chi connectivity index (χ4v) is 1.07. The molecule has 2 aromatic rings. The Balaban J connectivity index is 0.000000861. The van der Waals surface area contributed by atoms with Crippen molar-refractivity contribution < 1.29 is 22.8 Å². The second-order valence-electron chi connectivity index (χ2n) is 2.90. The fourth-order valence-electron chi connectivity index (χ4n) is 1.07. The van der Waals surface area contributed by atoms with Crippen LogP contribution in [0.3, 0.4) is 0 Å². The number of ether oxygens (including phenoxy) is 1. The molecule has 0 bridgehead atoms. The van der Waals surface area contributed by atoms with Gasteiger partial charge in [-0.25, -0.2) is 18.6 Å². The molecule has 0 spiro atoms. The molecule has 2 rings (SSSR count). The zero-order valence-corrected chi connectivity index (χ0v) is 10.5. The van der Waals surface area contributed by atoms with Gasteiger partial charge < -0.3 is 9.26 Å². The Hall–Kier alpha value is -2.38. The Morgan fingerprint density at radius 1 is 1.37 bits per heavy atom. The Kier molecular flexibility index (Phi) is 5.04. The molecule has 0 aliphatic heterocycles. The van der Waals surface area contributed by atoms with Crippen LogP contribution in [0.2, 0.25) is 0 Å². The van der Waals surface area contributed by atoms with E-state index in [4.69, 9.17) is 0 Å². The molecule has 8 heteroatoms. The summed E-state index contributed by atoms with van der Waals surface area (Å²) in [6, 6.07) is 0.622. The van der Waals surface area contributed by atoms with Crippen LogP contribution in [0.15, 0.2) is 16.8 Å². The Morgan fingerprint density at radius 2 is 2.05 bits per heavy atom. The topological polar surface area (TPSA) is 78.1 Å². The van der Waals surface area contributed by atoms with Gasteiger partial charge in [-0.05, 0) is 0 Å². The molecule has 0 aromatic carbocycles. The van der Waals surface area contributed by atoms with Gasteiger partial charge in [-0.2, -0.15) is 4.98 Å². The van der Waals surface area contributed by atoms with Gasteiger partial charge in [-0.1, -0.05) is 19.0 Å². The SMILES string of the molecule is CC.COC(=O)c1nc(-c2ncc(F)cc2F)no1. The number of carbonyl (C=O) groups is 1. The lowest BCUT2D eigenvalue weighted by molar-refractivity contribution is 0.0545. The van der Waals surface area contributed by atoms with Crippen LogP contribution < -0.4 is 0 Å². The highest BCUT2D eigenvalue weighted by atomic mass is 19.1. The summed E-state index contributed by atoms with van der Waals surface area (Å²) in [4.78, 5) is 18.0. The van der Waals surface area contributed by atoms with Crippen molar-refractivity contribution in [1.29, 1.82) is 0 Å². The number of pyridine rings is 1. The van der Waals surface area contributed by atoms with Gasteiger partial charge in [0.15, 0.2) is 5.82 Å². The van der Waals surface area contributed by atoms with E-state index < -0.39 is 23.5 Å². The van der Waals surface area contributed by atoms with E-state index in [2.05, 4.69) is 24.4 Å². The first-order valence-electron chi connectivity index (χ1n) is 5.35. The number of halogens is 2. The van der Waals surface area contributed by atoms with Crippen molar-refractivity contribution in [3.63, 3.8) is 0 Å². The molecule has 0 atom stereocenters. The third-order valence-electron chi connectivity index (χ3n) is 1.81. The van der Waals surface area contributed by atoms with Crippen LogP contribution in [0.1, 0.15) is 24.5 Å². The highest BCUT2D eigenvalue weighted by molar-refractivity contribution is 5.84. The van der Waals surface area contributed by atoms with E-state index in [9.17, 15) is 13.6 Å². The summed E-state index contributed by atoms with van der Waals surface area (Å²) in [5, 5.41) is 3.33. The number of nitrogens with zero attached hydrogens (tertiary/aromatic N) is 3. The smallest absolute Gasteiger partial charge is 0.397 e. The lowest BCUT2D eigenvalue weighted by atomic mass is 10.3. The number of methoxy groups -OCH3 is 1. The lowest BCUT2D eigenvalue weighted by Crippen LogP contribution is -2.01. The van der Waals surface area contributed by atoms with Crippen molar-refractivity contribution in [3.05, 3.63) is 29.8 Å². The molecule has 0 fully saturated rings. The summed E-state index contributed by atoms with van der Waals surface area (Å²) in [5.74, 6) is -3.34. The molecule has 0 unspecified atom stereocenters. The lowest BCUT2D eigenvalue weighted by Gasteiger charge is -1.95. The number of hydrogen-bond acceptors (Lipinski definition) is 6. The summed E-state index contributed by atoms with van der Waals surface area (Å²) in [5.41, 5.74) is -0.315. The zero-order chi connectivity index (χ0) is 14.4. The van der Waals surface area contributed by atoms with E-state index in [1.54, 1.807) is 0 Å². The van der Waals surface area contributed by atoms with Crippen molar-refractivity contribution in [2.24, 2.45) is 0 Å². The molecular formula is C11H11F2N3O3. The first kappa shape index (κ1) is 14.7. The van der Waals surface area contributed by atoms with Crippen LogP contribution in [-0.2, 0) is 4.74 Å². The van der Waals surface area contributed by atoms with Crippen LogP contribution >= 0.6 is 0 Å². The minimum absolute atomic E-state index is 0.261. The van der Waals surface area contributed by atoms with E-state index in [-0.39, 0.29) is 11.5 Å². The average molecular weight is 271 g/mol. The number of carbonyl (C=O) groups excluding carboxylic acids is 1. The molecule has 0 saturated heterocycles. The van der Waals surface area contributed by atoms with Gasteiger partial charge in [0.05, 0.1) is 13.3 Å². The third-order valence-corrected chi connectivity index (χ3v) is 1.81. The van der Waals surface area contributed by atoms with E-state index in [0.29, 0.717) is 6.07 Å². The maximum Gasteiger partial charge on any atom is 0.397 e. The van der Waals surface area contributed by atoms with E-state index in [1.165, 1.54) is 0 Å². The van der Waals surface area contributed by atoms with Crippen molar-refractivity contribution in [2.45, 2.75) is 13.8 Å². The van der Waals surface area contributed by atoms with Gasteiger partial charge in [0.25, 0.3) is 0 Å². The fraction of sp³-hybridized carbons (Fsp3) is 0.273. The normalized spacial score (nSPS) is 9.53. The second-order valence-corrected chi connectivity index (χ2v) is 2.90. The quantitative estimate of drug-likeness (QED) is 0.779. The first-order chi connectivity index (χ1) is 9.11. The number of aromatic nitrogens is 3. The summed E-state index contributed by atoms with van der Waals surface area (Å²) in [6.07, 6.45) is 0.798. The standard InChI is InChI=1S/C9H5F2N3O3.C2H6/c1-16-9(15)8-13-7(14-17-8)6-5(11)2-4(10)3-12-6;1-2/h2-3H,1H3;1-2H3. The molecule has 0 radical (unpaired) electrons. The van der Waals surface area contributed by atoms with Crippen LogP contribution in [0, 0.1) is 11.6 Å². The van der Waals surface area contributed by atoms with Gasteiger partial charge in [0, 0.05) is 6.07 Å². The van der Waals surface area contributed by atoms with Gasteiger partial charge in [-0.15, -0.1) is 0 Å². The van der Waals surface area contributed by atoms with Crippen LogP contribution in [0.25, 0.3) is 11.5 Å². The van der Waals surface area contributed by atoms with Gasteiger partial charge in [0.1, 0.15) is 11.5 Å². The summed E-state index contributed by atoms with van der Waals surface area (Å²) >= 11 is 0. The summed E-state index contributed by atoms with van der Waals surface area (Å²) in [6.45, 7) is 4.00. The van der Waals surface area contributed by atoms with Gasteiger partial charge in [-0.3, -0.25) is 0 Å². The molecule has 102 valence electrons. The first-order valence-corrected chi connectivity index (χ1v) is 5.35. The molecular weight excluding hydrogens is 260 g/mol. The second kappa shape index (κ2) is 6.53. The van der Waals surface area contributed by atoms with Crippen LogP contribution in [-0.4, -0.2) is 28.2 Å². The maximum atomic E-state index is 13.3. The monoisotopic (exact) mass is 271 g/mol. The third kappa shape index (κ3) is 3.30. The molecule has 2 aromatic heterocycles. The molecule has 0 saturated carbocycles. The van der Waals surface area contributed by atoms with E-state index in [1.807, 2.05) is 13.8 Å². The maximum absolute atomic E-state index is 13.3. The van der Waals surface area contributed by atoms with Crippen LogP contribution in [0.4, 0.5) is 8.78 Å². The van der Waals surface area contributed by atoms with Crippen molar-refractivity contribution in [3.8, 4) is 11.5 Å². The number of hydrogen-bond donors (Lipinski definition) is 0. The minimum atomic E-state index is -0.956. The zero-order valence-electron chi connectivity index (χ0n) is 10.5.